The van der Waals surface area contributed by atoms with Crippen LogP contribution in [0.5, 0.6) is 0 Å². The largest absolute Gasteiger partial charge is 0.404 e. The monoisotopic (exact) mass is 365 g/mol. The van der Waals surface area contributed by atoms with Crippen LogP contribution in [0.25, 0.3) is 16.6 Å². The van der Waals surface area contributed by atoms with E-state index in [1.165, 1.54) is 0 Å². The van der Waals surface area contributed by atoms with Gasteiger partial charge in [-0.3, -0.25) is 4.98 Å². The topological polar surface area (TPSA) is 126 Å². The standard InChI is InChI=1S/C20H27N7/c1-4-5-14(10-21)8-19(23)27-20-7-6-17-18(26-20)9-15(11-25-17)16(12-24-3)13(2)22/h6-12,22,24H,4-5,21,23H2,1-3H3,(H,26,27)/b14-10-,16-12+,19-8+,22-13?. The fourth-order valence-electron chi connectivity index (χ4n) is 2.65. The Hall–Kier alpha value is -3.35. The molecule has 0 unspecified atom stereocenters. The van der Waals surface area contributed by atoms with Gasteiger partial charge >= 0.3 is 0 Å². The van der Waals surface area contributed by atoms with Gasteiger partial charge in [0.25, 0.3) is 0 Å². The summed E-state index contributed by atoms with van der Waals surface area (Å²) in [5.74, 6) is 1.09. The third kappa shape index (κ3) is 5.31. The highest BCUT2D eigenvalue weighted by molar-refractivity contribution is 6.21. The normalized spacial score (nSPS) is 12.9. The molecule has 0 spiro atoms. The third-order valence-corrected chi connectivity index (χ3v) is 3.91. The predicted octanol–water partition coefficient (Wildman–Crippen LogP) is 3.08. The van der Waals surface area contributed by atoms with E-state index in [1.807, 2.05) is 24.3 Å². The number of rotatable bonds is 8. The number of aromatic nitrogens is 2. The molecule has 0 saturated heterocycles. The molecular formula is C20H27N7. The summed E-state index contributed by atoms with van der Waals surface area (Å²) in [7, 11) is 1.80. The van der Waals surface area contributed by atoms with Crippen molar-refractivity contribution in [2.75, 3.05) is 12.4 Å². The molecule has 0 radical (unpaired) electrons. The molecule has 0 atom stereocenters. The Kier molecular flexibility index (Phi) is 6.93. The average molecular weight is 365 g/mol. The Morgan fingerprint density at radius 1 is 1.30 bits per heavy atom. The van der Waals surface area contributed by atoms with Gasteiger partial charge in [-0.2, -0.15) is 0 Å². The molecule has 0 fully saturated rings. The molecule has 2 aromatic rings. The Bertz CT molecular complexity index is 910. The Balaban J connectivity index is 2.34. The van der Waals surface area contributed by atoms with E-state index >= 15 is 0 Å². The van der Waals surface area contributed by atoms with Gasteiger partial charge < -0.3 is 27.5 Å². The molecule has 7 heteroatoms. The lowest BCUT2D eigenvalue weighted by Crippen LogP contribution is -2.11. The molecule has 0 aromatic carbocycles. The molecule has 2 heterocycles. The highest BCUT2D eigenvalue weighted by atomic mass is 15.1. The highest BCUT2D eigenvalue weighted by Gasteiger charge is 2.08. The van der Waals surface area contributed by atoms with Gasteiger partial charge in [-0.15, -0.1) is 0 Å². The molecule has 2 aromatic heterocycles. The summed E-state index contributed by atoms with van der Waals surface area (Å²) >= 11 is 0. The van der Waals surface area contributed by atoms with Crippen LogP contribution in [0.3, 0.4) is 0 Å². The second-order valence-electron chi connectivity index (χ2n) is 6.15. The summed E-state index contributed by atoms with van der Waals surface area (Å²) in [6.07, 6.45) is 8.76. The molecule has 0 bridgehead atoms. The van der Waals surface area contributed by atoms with Crippen LogP contribution in [0.4, 0.5) is 5.82 Å². The number of nitrogens with two attached hydrogens (primary N) is 2. The van der Waals surface area contributed by atoms with Crippen molar-refractivity contribution in [3.05, 3.63) is 59.8 Å². The summed E-state index contributed by atoms with van der Waals surface area (Å²) in [5, 5.41) is 14.0. The first-order chi connectivity index (χ1) is 13.0. The Morgan fingerprint density at radius 2 is 2.07 bits per heavy atom. The molecule has 0 aliphatic heterocycles. The number of nitrogens with one attached hydrogen (secondary N) is 3. The zero-order valence-corrected chi connectivity index (χ0v) is 16.0. The fourth-order valence-corrected chi connectivity index (χ4v) is 2.65. The van der Waals surface area contributed by atoms with Crippen molar-refractivity contribution in [1.29, 1.82) is 5.41 Å². The van der Waals surface area contributed by atoms with Crippen molar-refractivity contribution < 1.29 is 0 Å². The highest BCUT2D eigenvalue weighted by Crippen LogP contribution is 2.20. The van der Waals surface area contributed by atoms with Gasteiger partial charge in [-0.05, 0) is 49.4 Å². The second kappa shape index (κ2) is 9.38. The summed E-state index contributed by atoms with van der Waals surface area (Å²) in [6.45, 7) is 3.83. The minimum absolute atomic E-state index is 0.448. The molecule has 0 amide bonds. The second-order valence-corrected chi connectivity index (χ2v) is 6.15. The van der Waals surface area contributed by atoms with E-state index < -0.39 is 0 Å². The maximum absolute atomic E-state index is 7.94. The summed E-state index contributed by atoms with van der Waals surface area (Å²) < 4.78 is 0. The van der Waals surface area contributed by atoms with Gasteiger partial charge in [-0.1, -0.05) is 13.3 Å². The molecule has 0 aliphatic rings. The first kappa shape index (κ1) is 20.0. The molecule has 7 N–H and O–H groups in total. The van der Waals surface area contributed by atoms with Crippen LogP contribution < -0.4 is 22.1 Å². The number of hydrogen-bond acceptors (Lipinski definition) is 7. The van der Waals surface area contributed by atoms with Crippen LogP contribution in [0.15, 0.2) is 54.3 Å². The van der Waals surface area contributed by atoms with Crippen LogP contribution in [-0.4, -0.2) is 22.7 Å². The first-order valence-electron chi connectivity index (χ1n) is 8.83. The lowest BCUT2D eigenvalue weighted by molar-refractivity contribution is 0.919. The maximum atomic E-state index is 7.94. The molecule has 142 valence electrons. The zero-order valence-electron chi connectivity index (χ0n) is 16.0. The Labute approximate surface area is 159 Å². The van der Waals surface area contributed by atoms with E-state index in [4.69, 9.17) is 16.9 Å². The van der Waals surface area contributed by atoms with Crippen molar-refractivity contribution in [3.8, 4) is 0 Å². The predicted molar refractivity (Wildman–Crippen MR) is 113 cm³/mol. The molecule has 0 aliphatic carbocycles. The van der Waals surface area contributed by atoms with Gasteiger partial charge in [0.2, 0.25) is 0 Å². The minimum atomic E-state index is 0.448. The van der Waals surface area contributed by atoms with E-state index in [-0.39, 0.29) is 0 Å². The minimum Gasteiger partial charge on any atom is -0.404 e. The van der Waals surface area contributed by atoms with Crippen molar-refractivity contribution in [2.24, 2.45) is 11.5 Å². The van der Waals surface area contributed by atoms with Crippen molar-refractivity contribution >= 4 is 28.1 Å². The number of fused-ring (bicyclic) bond motifs is 1. The van der Waals surface area contributed by atoms with E-state index in [9.17, 15) is 0 Å². The lowest BCUT2D eigenvalue weighted by Gasteiger charge is -2.10. The van der Waals surface area contributed by atoms with E-state index in [0.29, 0.717) is 17.4 Å². The van der Waals surface area contributed by atoms with Crippen molar-refractivity contribution in [1.82, 2.24) is 15.3 Å². The van der Waals surface area contributed by atoms with Crippen LogP contribution in [0, 0.1) is 5.41 Å². The van der Waals surface area contributed by atoms with Gasteiger partial charge in [0.05, 0.1) is 11.0 Å². The molecular weight excluding hydrogens is 338 g/mol. The number of hydrogen-bond donors (Lipinski definition) is 5. The van der Waals surface area contributed by atoms with Gasteiger partial charge in [-0.25, -0.2) is 4.98 Å². The van der Waals surface area contributed by atoms with Crippen LogP contribution in [0.2, 0.25) is 0 Å². The smallest absolute Gasteiger partial charge is 0.132 e. The molecule has 7 nitrogen and oxygen atoms in total. The molecule has 27 heavy (non-hydrogen) atoms. The summed E-state index contributed by atoms with van der Waals surface area (Å²) in [6, 6.07) is 5.62. The summed E-state index contributed by atoms with van der Waals surface area (Å²) in [4.78, 5) is 9.04. The van der Waals surface area contributed by atoms with E-state index in [1.54, 1.807) is 32.6 Å². The van der Waals surface area contributed by atoms with Gasteiger partial charge in [0, 0.05) is 36.3 Å². The number of anilines is 1. The SMILES string of the molecule is CCCC(=C/N)/C=C(\N)Nc1ccc2ncc(/C(=C/NC)C(C)=N)cc2n1. The summed E-state index contributed by atoms with van der Waals surface area (Å²) in [5.41, 5.74) is 16.2. The third-order valence-electron chi connectivity index (χ3n) is 3.91. The van der Waals surface area contributed by atoms with Gasteiger partial charge in [0.1, 0.15) is 11.6 Å². The fraction of sp³-hybridized carbons (Fsp3) is 0.250. The molecule has 2 rings (SSSR count). The van der Waals surface area contributed by atoms with Crippen LogP contribution in [-0.2, 0) is 0 Å². The molecule has 0 saturated carbocycles. The van der Waals surface area contributed by atoms with Gasteiger partial charge in [0.15, 0.2) is 0 Å². The lowest BCUT2D eigenvalue weighted by atomic mass is 10.0. The quantitative estimate of drug-likeness (QED) is 0.361. The number of allylic oxidation sites excluding steroid dienone is 3. The van der Waals surface area contributed by atoms with Crippen molar-refractivity contribution in [3.63, 3.8) is 0 Å². The first-order valence-corrected chi connectivity index (χ1v) is 8.83. The van der Waals surface area contributed by atoms with Crippen LogP contribution in [0.1, 0.15) is 32.3 Å². The number of nitrogens with zero attached hydrogens (tertiary/aromatic N) is 2. The average Bonchev–Trinajstić information content (AvgIpc) is 2.64. The zero-order chi connectivity index (χ0) is 19.8. The van der Waals surface area contributed by atoms with Crippen molar-refractivity contribution in [2.45, 2.75) is 26.7 Å². The van der Waals surface area contributed by atoms with E-state index in [0.717, 1.165) is 40.6 Å². The van der Waals surface area contributed by atoms with Crippen LogP contribution >= 0.6 is 0 Å². The van der Waals surface area contributed by atoms with E-state index in [2.05, 4.69) is 27.5 Å². The number of pyridine rings is 2. The Morgan fingerprint density at radius 3 is 2.70 bits per heavy atom. The maximum Gasteiger partial charge on any atom is 0.132 e.